The van der Waals surface area contributed by atoms with Crippen molar-refractivity contribution < 1.29 is 9.53 Å². The first kappa shape index (κ1) is 23.3. The van der Waals surface area contributed by atoms with Gasteiger partial charge in [0.15, 0.2) is 5.69 Å². The maximum Gasteiger partial charge on any atom is 0.274 e. The van der Waals surface area contributed by atoms with Gasteiger partial charge < -0.3 is 9.64 Å². The predicted molar refractivity (Wildman–Crippen MR) is 124 cm³/mol. The highest BCUT2D eigenvalue weighted by Gasteiger charge is 2.27. The Morgan fingerprint density at radius 3 is 2.61 bits per heavy atom. The number of amides is 1. The average Bonchev–Trinajstić information content (AvgIpc) is 3.14. The van der Waals surface area contributed by atoms with E-state index in [0.717, 1.165) is 69.0 Å². The van der Waals surface area contributed by atoms with Gasteiger partial charge in [-0.1, -0.05) is 39.0 Å². The molecule has 0 aliphatic carbocycles. The van der Waals surface area contributed by atoms with Gasteiger partial charge in [0.1, 0.15) is 5.75 Å². The van der Waals surface area contributed by atoms with Crippen molar-refractivity contribution in [2.45, 2.75) is 53.5 Å². The number of nitrogens with zero attached hydrogens (tertiary/aromatic N) is 3. The number of benzene rings is 1. The number of aryl methyl sites for hydroxylation is 1. The van der Waals surface area contributed by atoms with E-state index >= 15 is 0 Å². The van der Waals surface area contributed by atoms with E-state index in [-0.39, 0.29) is 5.91 Å². The van der Waals surface area contributed by atoms with Crippen molar-refractivity contribution in [3.05, 3.63) is 46.8 Å². The maximum atomic E-state index is 13.3. The van der Waals surface area contributed by atoms with Gasteiger partial charge in [-0.05, 0) is 57.2 Å². The SMILES string of the molecule is CCc1[nH]nc(C(=O)N(CC(C)C)CC2CCN(Cc3ccccc3OC)CC2)c1C. The van der Waals surface area contributed by atoms with Crippen molar-refractivity contribution in [1.82, 2.24) is 20.0 Å². The summed E-state index contributed by atoms with van der Waals surface area (Å²) in [7, 11) is 1.73. The van der Waals surface area contributed by atoms with E-state index in [0.29, 0.717) is 17.5 Å². The fraction of sp³-hybridized carbons (Fsp3) is 0.600. The minimum atomic E-state index is 0.0681. The second-order valence-electron chi connectivity index (χ2n) is 9.16. The number of ether oxygens (including phenoxy) is 1. The number of likely N-dealkylation sites (tertiary alicyclic amines) is 1. The van der Waals surface area contributed by atoms with E-state index in [4.69, 9.17) is 4.74 Å². The van der Waals surface area contributed by atoms with Crippen LogP contribution in [0.2, 0.25) is 0 Å². The van der Waals surface area contributed by atoms with Crippen molar-refractivity contribution in [2.24, 2.45) is 11.8 Å². The molecule has 170 valence electrons. The quantitative estimate of drug-likeness (QED) is 0.649. The molecular weight excluding hydrogens is 388 g/mol. The van der Waals surface area contributed by atoms with Crippen molar-refractivity contribution in [1.29, 1.82) is 0 Å². The van der Waals surface area contributed by atoms with Crippen LogP contribution in [0.1, 0.15) is 60.9 Å². The van der Waals surface area contributed by atoms with Gasteiger partial charge in [-0.2, -0.15) is 5.10 Å². The van der Waals surface area contributed by atoms with Crippen LogP contribution in [0.5, 0.6) is 5.75 Å². The molecule has 1 fully saturated rings. The minimum absolute atomic E-state index is 0.0681. The second kappa shape index (κ2) is 10.8. The molecule has 3 rings (SSSR count). The molecule has 0 bridgehead atoms. The molecule has 0 saturated carbocycles. The number of methoxy groups -OCH3 is 1. The van der Waals surface area contributed by atoms with E-state index in [1.807, 2.05) is 24.0 Å². The smallest absolute Gasteiger partial charge is 0.274 e. The molecule has 0 unspecified atom stereocenters. The van der Waals surface area contributed by atoms with Crippen LogP contribution in [-0.2, 0) is 13.0 Å². The number of aromatic nitrogens is 2. The van der Waals surface area contributed by atoms with Crippen LogP contribution in [0, 0.1) is 18.8 Å². The average molecular weight is 427 g/mol. The summed E-state index contributed by atoms with van der Waals surface area (Å²) in [4.78, 5) is 17.8. The van der Waals surface area contributed by atoms with Crippen LogP contribution in [0.15, 0.2) is 24.3 Å². The summed E-state index contributed by atoms with van der Waals surface area (Å²) in [5.41, 5.74) is 3.87. The molecule has 1 saturated heterocycles. The van der Waals surface area contributed by atoms with Gasteiger partial charge in [-0.3, -0.25) is 14.8 Å². The third-order valence-electron chi connectivity index (χ3n) is 6.31. The molecule has 1 amide bonds. The van der Waals surface area contributed by atoms with Gasteiger partial charge in [0.05, 0.1) is 7.11 Å². The molecule has 1 aromatic heterocycles. The molecule has 1 aliphatic rings. The summed E-state index contributed by atoms with van der Waals surface area (Å²) in [6, 6.07) is 8.25. The van der Waals surface area contributed by atoms with E-state index in [1.54, 1.807) is 7.11 Å². The van der Waals surface area contributed by atoms with Crippen LogP contribution in [-0.4, -0.2) is 59.2 Å². The lowest BCUT2D eigenvalue weighted by atomic mass is 9.95. The Kier molecular flexibility index (Phi) is 8.13. The zero-order valence-electron chi connectivity index (χ0n) is 19.8. The van der Waals surface area contributed by atoms with Crippen molar-refractivity contribution in [3.8, 4) is 5.75 Å². The van der Waals surface area contributed by atoms with Gasteiger partial charge in [-0.25, -0.2) is 0 Å². The molecular formula is C25H38N4O2. The van der Waals surface area contributed by atoms with Gasteiger partial charge in [-0.15, -0.1) is 0 Å². The third kappa shape index (κ3) is 5.88. The molecule has 1 aliphatic heterocycles. The lowest BCUT2D eigenvalue weighted by Crippen LogP contribution is -2.42. The normalized spacial score (nSPS) is 15.4. The number of aromatic amines is 1. The second-order valence-corrected chi connectivity index (χ2v) is 9.16. The van der Waals surface area contributed by atoms with E-state index in [2.05, 4.69) is 48.0 Å². The largest absolute Gasteiger partial charge is 0.496 e. The van der Waals surface area contributed by atoms with Crippen LogP contribution < -0.4 is 4.74 Å². The van der Waals surface area contributed by atoms with E-state index in [9.17, 15) is 4.79 Å². The number of hydrogen-bond acceptors (Lipinski definition) is 4. The van der Waals surface area contributed by atoms with Crippen molar-refractivity contribution >= 4 is 5.91 Å². The summed E-state index contributed by atoms with van der Waals surface area (Å²) < 4.78 is 5.51. The summed E-state index contributed by atoms with van der Waals surface area (Å²) >= 11 is 0. The topological polar surface area (TPSA) is 61.5 Å². The van der Waals surface area contributed by atoms with Gasteiger partial charge in [0.2, 0.25) is 0 Å². The lowest BCUT2D eigenvalue weighted by molar-refractivity contribution is 0.0656. The molecule has 0 atom stereocenters. The Morgan fingerprint density at radius 2 is 2.00 bits per heavy atom. The summed E-state index contributed by atoms with van der Waals surface area (Å²) in [6.07, 6.45) is 3.08. The molecule has 2 heterocycles. The number of para-hydroxylation sites is 1. The number of carbonyl (C=O) groups is 1. The molecule has 1 aromatic carbocycles. The number of carbonyl (C=O) groups excluding carboxylic acids is 1. The molecule has 1 N–H and O–H groups in total. The third-order valence-corrected chi connectivity index (χ3v) is 6.31. The molecule has 6 heteroatoms. The molecule has 2 aromatic rings. The van der Waals surface area contributed by atoms with Crippen LogP contribution >= 0.6 is 0 Å². The van der Waals surface area contributed by atoms with Crippen molar-refractivity contribution in [2.75, 3.05) is 33.3 Å². The molecule has 0 radical (unpaired) electrons. The zero-order chi connectivity index (χ0) is 22.4. The number of H-pyrrole nitrogens is 1. The van der Waals surface area contributed by atoms with Gasteiger partial charge >= 0.3 is 0 Å². The Balaban J connectivity index is 1.60. The summed E-state index contributed by atoms with van der Waals surface area (Å²) in [6.45, 7) is 13.0. The first-order chi connectivity index (χ1) is 14.9. The Labute approximate surface area is 187 Å². The number of hydrogen-bond donors (Lipinski definition) is 1. The highest BCUT2D eigenvalue weighted by Crippen LogP contribution is 2.25. The van der Waals surface area contributed by atoms with Gasteiger partial charge in [0.25, 0.3) is 5.91 Å². The zero-order valence-corrected chi connectivity index (χ0v) is 19.8. The number of rotatable bonds is 9. The van der Waals surface area contributed by atoms with Crippen LogP contribution in [0.4, 0.5) is 0 Å². The maximum absolute atomic E-state index is 13.3. The number of piperidine rings is 1. The fourth-order valence-electron chi connectivity index (χ4n) is 4.53. The van der Waals surface area contributed by atoms with Crippen LogP contribution in [0.25, 0.3) is 0 Å². The highest BCUT2D eigenvalue weighted by atomic mass is 16.5. The lowest BCUT2D eigenvalue weighted by Gasteiger charge is -2.35. The first-order valence-electron chi connectivity index (χ1n) is 11.6. The number of nitrogens with one attached hydrogen (secondary N) is 1. The highest BCUT2D eigenvalue weighted by molar-refractivity contribution is 5.94. The predicted octanol–water partition coefficient (Wildman–Crippen LogP) is 4.30. The van der Waals surface area contributed by atoms with Crippen molar-refractivity contribution in [3.63, 3.8) is 0 Å². The Morgan fingerprint density at radius 1 is 1.29 bits per heavy atom. The molecule has 6 nitrogen and oxygen atoms in total. The molecule has 31 heavy (non-hydrogen) atoms. The Bertz CT molecular complexity index is 853. The van der Waals surface area contributed by atoms with E-state index in [1.165, 1.54) is 5.56 Å². The fourth-order valence-corrected chi connectivity index (χ4v) is 4.53. The van der Waals surface area contributed by atoms with E-state index < -0.39 is 0 Å². The standard InChI is InChI=1S/C25H38N4O2/c1-6-22-19(4)24(27-26-22)25(30)29(15-18(2)3)16-20-11-13-28(14-12-20)17-21-9-7-8-10-23(21)31-5/h7-10,18,20H,6,11-17H2,1-5H3,(H,26,27). The summed E-state index contributed by atoms with van der Waals surface area (Å²) in [5.74, 6) is 1.98. The first-order valence-corrected chi connectivity index (χ1v) is 11.6. The Hall–Kier alpha value is -2.34. The van der Waals surface area contributed by atoms with Gasteiger partial charge in [0, 0.05) is 36.5 Å². The minimum Gasteiger partial charge on any atom is -0.496 e. The monoisotopic (exact) mass is 426 g/mol. The molecule has 0 spiro atoms. The van der Waals surface area contributed by atoms with Crippen LogP contribution in [0.3, 0.4) is 0 Å². The summed E-state index contributed by atoms with van der Waals surface area (Å²) in [5, 5.41) is 7.39.